The molecule has 1 aromatic carbocycles. The summed E-state index contributed by atoms with van der Waals surface area (Å²) in [4.78, 5) is 34.4. The molecule has 4 rings (SSSR count). The molecule has 1 aliphatic heterocycles. The second kappa shape index (κ2) is 6.80. The van der Waals surface area contributed by atoms with E-state index in [0.717, 1.165) is 32.1 Å². The third-order valence-corrected chi connectivity index (χ3v) is 5.33. The van der Waals surface area contributed by atoms with E-state index in [9.17, 15) is 9.59 Å². The first-order valence-corrected chi connectivity index (χ1v) is 8.85. The van der Waals surface area contributed by atoms with E-state index in [1.807, 2.05) is 4.90 Å². The van der Waals surface area contributed by atoms with Crippen molar-refractivity contribution < 1.29 is 4.79 Å². The normalized spacial score (nSPS) is 21.0. The van der Waals surface area contributed by atoms with Gasteiger partial charge in [-0.05, 0) is 30.4 Å². The summed E-state index contributed by atoms with van der Waals surface area (Å²) >= 11 is 0. The minimum Gasteiger partial charge on any atom is -0.335 e. The van der Waals surface area contributed by atoms with E-state index >= 15 is 0 Å². The Morgan fingerprint density at radius 1 is 1.12 bits per heavy atom. The van der Waals surface area contributed by atoms with Crippen molar-refractivity contribution in [3.63, 3.8) is 0 Å². The first-order valence-electron chi connectivity index (χ1n) is 8.85. The largest absolute Gasteiger partial charge is 0.335 e. The van der Waals surface area contributed by atoms with Gasteiger partial charge in [0.2, 0.25) is 0 Å². The van der Waals surface area contributed by atoms with Gasteiger partial charge >= 0.3 is 0 Å². The number of amides is 1. The van der Waals surface area contributed by atoms with E-state index in [2.05, 4.69) is 39.1 Å². The third kappa shape index (κ3) is 3.35. The maximum atomic E-state index is 12.5. The zero-order valence-corrected chi connectivity index (χ0v) is 14.1. The van der Waals surface area contributed by atoms with E-state index in [1.165, 1.54) is 23.7 Å². The molecule has 1 atom stereocenters. The van der Waals surface area contributed by atoms with E-state index in [-0.39, 0.29) is 11.5 Å². The van der Waals surface area contributed by atoms with Crippen molar-refractivity contribution in [1.29, 1.82) is 0 Å². The number of rotatable bonds is 2. The first kappa shape index (κ1) is 16.0. The Morgan fingerprint density at radius 2 is 1.88 bits per heavy atom. The lowest BCUT2D eigenvalue weighted by atomic mass is 9.87. The number of carbonyl (C=O) groups excluding carboxylic acids is 1. The van der Waals surface area contributed by atoms with Crippen LogP contribution in [0.4, 0.5) is 0 Å². The highest BCUT2D eigenvalue weighted by Crippen LogP contribution is 2.25. The smallest absolute Gasteiger partial charge is 0.274 e. The van der Waals surface area contributed by atoms with Crippen LogP contribution in [0.3, 0.4) is 0 Å². The van der Waals surface area contributed by atoms with Crippen molar-refractivity contribution >= 4 is 5.91 Å². The second-order valence-electron chi connectivity index (χ2n) is 6.79. The number of aryl methyl sites for hydroxylation is 1. The molecule has 0 radical (unpaired) electrons. The van der Waals surface area contributed by atoms with Crippen molar-refractivity contribution in [1.82, 2.24) is 19.8 Å². The number of H-pyrrole nitrogens is 1. The standard InChI is InChI=1S/C19H22N4O2/c24-18-13-20-17(12-21-18)19(25)23-9-7-22(8-10-23)16-6-5-14-3-1-2-4-15(14)11-16/h1-4,12-13,16H,5-11H2,(H,21,24)/t16-/m0/s1. The molecule has 2 aliphatic rings. The summed E-state index contributed by atoms with van der Waals surface area (Å²) in [6.45, 7) is 3.19. The quantitative estimate of drug-likeness (QED) is 0.890. The van der Waals surface area contributed by atoms with Gasteiger partial charge in [0.25, 0.3) is 11.5 Å². The van der Waals surface area contributed by atoms with Crippen molar-refractivity contribution in [2.45, 2.75) is 25.3 Å². The highest BCUT2D eigenvalue weighted by Gasteiger charge is 2.29. The lowest BCUT2D eigenvalue weighted by Crippen LogP contribution is -2.53. The monoisotopic (exact) mass is 338 g/mol. The van der Waals surface area contributed by atoms with Crippen molar-refractivity contribution in [2.75, 3.05) is 26.2 Å². The number of fused-ring (bicyclic) bond motifs is 1. The summed E-state index contributed by atoms with van der Waals surface area (Å²) in [6, 6.07) is 9.28. The number of carbonyl (C=O) groups is 1. The number of benzene rings is 1. The summed E-state index contributed by atoms with van der Waals surface area (Å²) in [5.41, 5.74) is 2.96. The molecular formula is C19H22N4O2. The molecule has 6 heteroatoms. The van der Waals surface area contributed by atoms with Gasteiger partial charge in [-0.2, -0.15) is 0 Å². The zero-order chi connectivity index (χ0) is 17.2. The Balaban J connectivity index is 1.36. The molecule has 1 N–H and O–H groups in total. The number of hydrogen-bond acceptors (Lipinski definition) is 4. The van der Waals surface area contributed by atoms with Gasteiger partial charge in [0.15, 0.2) is 0 Å². The Kier molecular flexibility index (Phi) is 4.36. The molecule has 1 fully saturated rings. The van der Waals surface area contributed by atoms with Crippen LogP contribution in [0, 0.1) is 0 Å². The van der Waals surface area contributed by atoms with Crippen LogP contribution in [0.2, 0.25) is 0 Å². The molecule has 0 saturated carbocycles. The van der Waals surface area contributed by atoms with Gasteiger partial charge in [-0.1, -0.05) is 24.3 Å². The van der Waals surface area contributed by atoms with Crippen LogP contribution >= 0.6 is 0 Å². The van der Waals surface area contributed by atoms with E-state index < -0.39 is 0 Å². The fraction of sp³-hybridized carbons (Fsp3) is 0.421. The molecule has 1 aliphatic carbocycles. The number of aromatic nitrogens is 2. The summed E-state index contributed by atoms with van der Waals surface area (Å²) in [5, 5.41) is 0. The minimum atomic E-state index is -0.293. The van der Waals surface area contributed by atoms with Gasteiger partial charge in [0.1, 0.15) is 5.69 Å². The fourth-order valence-corrected chi connectivity index (χ4v) is 3.90. The Labute approximate surface area is 146 Å². The zero-order valence-electron chi connectivity index (χ0n) is 14.1. The van der Waals surface area contributed by atoms with Gasteiger partial charge in [0, 0.05) is 38.4 Å². The lowest BCUT2D eigenvalue weighted by molar-refractivity contribution is 0.0547. The van der Waals surface area contributed by atoms with Crippen LogP contribution < -0.4 is 5.56 Å². The van der Waals surface area contributed by atoms with E-state index in [0.29, 0.717) is 24.8 Å². The number of aromatic amines is 1. The first-order chi connectivity index (χ1) is 12.2. The van der Waals surface area contributed by atoms with Crippen molar-refractivity contribution in [3.05, 3.63) is 63.8 Å². The maximum Gasteiger partial charge on any atom is 0.274 e. The molecule has 6 nitrogen and oxygen atoms in total. The van der Waals surface area contributed by atoms with Crippen LogP contribution in [0.25, 0.3) is 0 Å². The lowest BCUT2D eigenvalue weighted by Gasteiger charge is -2.41. The average Bonchev–Trinajstić information content (AvgIpc) is 2.68. The highest BCUT2D eigenvalue weighted by molar-refractivity contribution is 5.92. The molecule has 1 amide bonds. The summed E-state index contributed by atoms with van der Waals surface area (Å²) < 4.78 is 0. The molecular weight excluding hydrogens is 316 g/mol. The number of nitrogens with zero attached hydrogens (tertiary/aromatic N) is 3. The van der Waals surface area contributed by atoms with Crippen LogP contribution in [0.1, 0.15) is 28.0 Å². The number of nitrogens with one attached hydrogen (secondary N) is 1. The molecule has 0 unspecified atom stereocenters. The highest BCUT2D eigenvalue weighted by atomic mass is 16.2. The van der Waals surface area contributed by atoms with Crippen LogP contribution in [0.15, 0.2) is 41.5 Å². The molecule has 0 spiro atoms. The predicted octanol–water partition coefficient (Wildman–Crippen LogP) is 1.09. The summed E-state index contributed by atoms with van der Waals surface area (Å²) in [7, 11) is 0. The Bertz CT molecular complexity index is 804. The van der Waals surface area contributed by atoms with Crippen molar-refractivity contribution in [2.24, 2.45) is 0 Å². The third-order valence-electron chi connectivity index (χ3n) is 5.33. The van der Waals surface area contributed by atoms with Gasteiger partial charge < -0.3 is 9.88 Å². The van der Waals surface area contributed by atoms with Gasteiger partial charge in [-0.15, -0.1) is 0 Å². The fourth-order valence-electron chi connectivity index (χ4n) is 3.90. The molecule has 2 aromatic rings. The van der Waals surface area contributed by atoms with Crippen LogP contribution in [0.5, 0.6) is 0 Å². The van der Waals surface area contributed by atoms with Crippen molar-refractivity contribution in [3.8, 4) is 0 Å². The Morgan fingerprint density at radius 3 is 2.60 bits per heavy atom. The van der Waals surface area contributed by atoms with Crippen LogP contribution in [-0.4, -0.2) is 57.9 Å². The molecule has 1 saturated heterocycles. The Hall–Kier alpha value is -2.47. The number of piperazine rings is 1. The molecule has 130 valence electrons. The predicted molar refractivity (Wildman–Crippen MR) is 94.6 cm³/mol. The minimum absolute atomic E-state index is 0.107. The molecule has 1 aromatic heterocycles. The summed E-state index contributed by atoms with van der Waals surface area (Å²) in [6.07, 6.45) is 5.98. The van der Waals surface area contributed by atoms with E-state index in [4.69, 9.17) is 0 Å². The molecule has 2 heterocycles. The number of hydrogen-bond donors (Lipinski definition) is 1. The van der Waals surface area contributed by atoms with E-state index in [1.54, 1.807) is 0 Å². The van der Waals surface area contributed by atoms with Gasteiger partial charge in [-0.3, -0.25) is 14.5 Å². The summed E-state index contributed by atoms with van der Waals surface area (Å²) in [5.74, 6) is -0.107. The molecule has 25 heavy (non-hydrogen) atoms. The van der Waals surface area contributed by atoms with Gasteiger partial charge in [0.05, 0.1) is 6.20 Å². The molecule has 0 bridgehead atoms. The average molecular weight is 338 g/mol. The topological polar surface area (TPSA) is 69.3 Å². The van der Waals surface area contributed by atoms with Gasteiger partial charge in [-0.25, -0.2) is 4.98 Å². The second-order valence-corrected chi connectivity index (χ2v) is 6.79. The van der Waals surface area contributed by atoms with Crippen LogP contribution in [-0.2, 0) is 12.8 Å². The SMILES string of the molecule is O=C(c1c[nH]c(=O)cn1)N1CCN([C@H]2CCc3ccccc3C2)CC1. The maximum absolute atomic E-state index is 12.5.